The Labute approximate surface area is 265 Å². The molecule has 0 aliphatic heterocycles. The molecule has 0 heterocycles. The third kappa shape index (κ3) is 5.77. The summed E-state index contributed by atoms with van der Waals surface area (Å²) < 4.78 is 98.3. The van der Waals surface area contributed by atoms with Crippen LogP contribution in [0.1, 0.15) is 117 Å². The summed E-state index contributed by atoms with van der Waals surface area (Å²) in [6.07, 6.45) is 4.89. The number of nitrogen functional groups attached to an aromatic ring is 2. The number of ether oxygens (including phenoxy) is 1. The molecule has 0 spiro atoms. The predicted molar refractivity (Wildman–Crippen MR) is 167 cm³/mol. The molecule has 4 N–H and O–H groups in total. The highest BCUT2D eigenvalue weighted by molar-refractivity contribution is 5.58. The molecule has 4 saturated carbocycles. The summed E-state index contributed by atoms with van der Waals surface area (Å²) in [4.78, 5) is 0. The lowest BCUT2D eigenvalue weighted by Crippen LogP contribution is -2.56. The average Bonchev–Trinajstić information content (AvgIpc) is 3.23. The molecule has 4 aliphatic carbocycles. The molecule has 0 saturated heterocycles. The fourth-order valence-corrected chi connectivity index (χ4v) is 11.0. The molecule has 1 aromatic rings. The zero-order chi connectivity index (χ0) is 33.2. The second-order valence-electron chi connectivity index (χ2n) is 16.2. The first kappa shape index (κ1) is 34.7. The van der Waals surface area contributed by atoms with Crippen LogP contribution in [0, 0.1) is 52.3 Å². The van der Waals surface area contributed by atoms with Crippen molar-refractivity contribution >= 4 is 11.4 Å². The van der Waals surface area contributed by atoms with Gasteiger partial charge in [-0.3, -0.25) is 0 Å². The van der Waals surface area contributed by atoms with Gasteiger partial charge in [-0.2, -0.15) is 26.3 Å². The summed E-state index contributed by atoms with van der Waals surface area (Å²) in [5, 5.41) is 0. The lowest BCUT2D eigenvalue weighted by Gasteiger charge is -2.60. The van der Waals surface area contributed by atoms with E-state index in [9.17, 15) is 0 Å². The van der Waals surface area contributed by atoms with Crippen molar-refractivity contribution in [2.45, 2.75) is 136 Å². The Morgan fingerprint density at radius 3 is 2.24 bits per heavy atom. The summed E-state index contributed by atoms with van der Waals surface area (Å²) in [7, 11) is 0. The number of hydrogen-bond acceptors (Lipinski definition) is 3. The second-order valence-corrected chi connectivity index (χ2v) is 16.2. The fraction of sp³-hybridized carbons (Fsp3) is 0.833. The molecular formula is C36H54F6N2O. The molecular weight excluding hydrogens is 590 g/mol. The highest BCUT2D eigenvalue weighted by atomic mass is 19.3. The Balaban J connectivity index is 1.46. The summed E-state index contributed by atoms with van der Waals surface area (Å²) in [6.45, 7) is 10.8. The number of anilines is 2. The molecule has 0 radical (unpaired) electrons. The van der Waals surface area contributed by atoms with Gasteiger partial charge in [0.1, 0.15) is 0 Å². The number of alkyl halides is 6. The summed E-state index contributed by atoms with van der Waals surface area (Å²) >= 11 is 0. The van der Waals surface area contributed by atoms with E-state index < -0.39 is 46.6 Å². The molecule has 3 nitrogen and oxygen atoms in total. The van der Waals surface area contributed by atoms with Gasteiger partial charge in [-0.25, -0.2) is 0 Å². The van der Waals surface area contributed by atoms with Crippen molar-refractivity contribution in [3.8, 4) is 0 Å². The first-order valence-corrected chi connectivity index (χ1v) is 17.3. The van der Waals surface area contributed by atoms with Crippen LogP contribution < -0.4 is 11.5 Å². The Morgan fingerprint density at radius 1 is 0.867 bits per heavy atom. The maximum absolute atomic E-state index is 15.7. The third-order valence-corrected chi connectivity index (χ3v) is 13.2. The zero-order valence-electron chi connectivity index (χ0n) is 27.7. The Morgan fingerprint density at radius 2 is 1.58 bits per heavy atom. The van der Waals surface area contributed by atoms with Crippen molar-refractivity contribution in [2.75, 3.05) is 11.5 Å². The van der Waals surface area contributed by atoms with Crippen LogP contribution >= 0.6 is 0 Å². The van der Waals surface area contributed by atoms with Gasteiger partial charge < -0.3 is 16.2 Å². The number of nitrogens with two attached hydrogens (primary N) is 2. The van der Waals surface area contributed by atoms with E-state index in [2.05, 4.69) is 27.7 Å². The minimum absolute atomic E-state index is 0.0242. The van der Waals surface area contributed by atoms with Crippen molar-refractivity contribution in [1.82, 2.24) is 0 Å². The van der Waals surface area contributed by atoms with Crippen LogP contribution in [0.3, 0.4) is 0 Å². The number of benzene rings is 1. The smallest absolute Gasteiger partial charge is 0.399 e. The van der Waals surface area contributed by atoms with E-state index in [0.717, 1.165) is 57.1 Å². The van der Waals surface area contributed by atoms with Crippen LogP contribution in [-0.4, -0.2) is 18.1 Å². The molecule has 2 unspecified atom stereocenters. The quantitative estimate of drug-likeness (QED) is 0.197. The Bertz CT molecular complexity index is 1210. The number of hydrogen-bond donors (Lipinski definition) is 2. The maximum Gasteiger partial charge on any atom is 0.426 e. The van der Waals surface area contributed by atoms with E-state index >= 15 is 26.3 Å². The van der Waals surface area contributed by atoms with Crippen LogP contribution in [0.2, 0.25) is 0 Å². The highest BCUT2D eigenvalue weighted by Gasteiger charge is 2.75. The molecule has 4 aliphatic rings. The van der Waals surface area contributed by atoms with Gasteiger partial charge >= 0.3 is 18.0 Å². The lowest BCUT2D eigenvalue weighted by atomic mass is 9.44. The minimum atomic E-state index is -5.85. The van der Waals surface area contributed by atoms with Crippen molar-refractivity contribution in [2.24, 2.45) is 52.3 Å². The van der Waals surface area contributed by atoms with Crippen molar-refractivity contribution < 1.29 is 31.1 Å². The van der Waals surface area contributed by atoms with Crippen LogP contribution in [0.15, 0.2) is 18.2 Å². The van der Waals surface area contributed by atoms with Gasteiger partial charge in [-0.1, -0.05) is 66.7 Å². The van der Waals surface area contributed by atoms with E-state index in [-0.39, 0.29) is 29.4 Å². The van der Waals surface area contributed by atoms with Crippen molar-refractivity contribution in [3.63, 3.8) is 0 Å². The first-order chi connectivity index (χ1) is 20.9. The number of fused-ring (bicyclic) bond motifs is 5. The highest BCUT2D eigenvalue weighted by Crippen LogP contribution is 2.69. The Kier molecular flexibility index (Phi) is 9.33. The van der Waals surface area contributed by atoms with Gasteiger partial charge in [0.25, 0.3) is 0 Å². The predicted octanol–water partition coefficient (Wildman–Crippen LogP) is 10.7. The average molecular weight is 645 g/mol. The van der Waals surface area contributed by atoms with Gasteiger partial charge in [0, 0.05) is 11.4 Å². The summed E-state index contributed by atoms with van der Waals surface area (Å²) in [6, 6.07) is 2.40. The van der Waals surface area contributed by atoms with Gasteiger partial charge in [0.15, 0.2) is 0 Å². The standard InChI is InChI=1S/C36H54F6N2O/c1-21(2)9-8-10-22(3)31-30(45-36(41,42)35(39,40)34(37,38)27-15-13-24(43)19-29(27)44)20-28-25-14-12-23-11-6-7-17-32(23,4)26(25)16-18-33(28,31)5/h13,15,19,21-23,25-26,28,30-31H,6-12,14,16-18,20,43-44H2,1-5H3/t22-,23?,25-,26+,28+,30?,31+,32+,33+/m1/s1. The SMILES string of the molecule is CC(C)CCC[C@@H](C)[C@H]1C(OC(F)(F)C(F)(F)C(F)(F)c2ccc(N)cc2N)C[C@H]2[C@@H]3CCC4CCCC[C@]4(C)[C@H]3CC[C@]12C. The second kappa shape index (κ2) is 12.1. The van der Waals surface area contributed by atoms with Crippen LogP contribution in [0.25, 0.3) is 0 Å². The van der Waals surface area contributed by atoms with Gasteiger partial charge in [-0.05, 0) is 115 Å². The number of rotatable bonds is 10. The maximum atomic E-state index is 15.7. The molecule has 9 heteroatoms. The third-order valence-electron chi connectivity index (χ3n) is 13.2. The van der Waals surface area contributed by atoms with Crippen molar-refractivity contribution in [1.29, 1.82) is 0 Å². The van der Waals surface area contributed by atoms with Crippen LogP contribution in [-0.2, 0) is 10.7 Å². The normalized spacial score (nSPS) is 36.4. The van der Waals surface area contributed by atoms with Gasteiger partial charge in [0.2, 0.25) is 0 Å². The van der Waals surface area contributed by atoms with Crippen LogP contribution in [0.4, 0.5) is 37.7 Å². The van der Waals surface area contributed by atoms with E-state index in [1.165, 1.54) is 25.7 Å². The van der Waals surface area contributed by atoms with E-state index in [1.807, 2.05) is 6.92 Å². The summed E-state index contributed by atoms with van der Waals surface area (Å²) in [5.74, 6) is -9.73. The molecule has 1 aromatic carbocycles. The molecule has 0 aromatic heterocycles. The lowest BCUT2D eigenvalue weighted by molar-refractivity contribution is -0.415. The molecule has 5 rings (SSSR count). The zero-order valence-corrected chi connectivity index (χ0v) is 27.7. The molecule has 45 heavy (non-hydrogen) atoms. The van der Waals surface area contributed by atoms with E-state index in [1.54, 1.807) is 0 Å². The van der Waals surface area contributed by atoms with Gasteiger partial charge in [0.05, 0.1) is 11.7 Å². The minimum Gasteiger partial charge on any atom is -0.399 e. The molecule has 9 atom stereocenters. The van der Waals surface area contributed by atoms with Crippen molar-refractivity contribution in [3.05, 3.63) is 23.8 Å². The largest absolute Gasteiger partial charge is 0.426 e. The fourth-order valence-electron chi connectivity index (χ4n) is 11.0. The molecule has 0 bridgehead atoms. The molecule has 256 valence electrons. The van der Waals surface area contributed by atoms with Crippen LogP contribution in [0.5, 0.6) is 0 Å². The van der Waals surface area contributed by atoms with Gasteiger partial charge in [-0.15, -0.1) is 0 Å². The first-order valence-electron chi connectivity index (χ1n) is 17.3. The van der Waals surface area contributed by atoms with E-state index in [4.69, 9.17) is 16.2 Å². The Hall–Kier alpha value is -1.64. The molecule has 4 fully saturated rings. The number of halogens is 6. The van der Waals surface area contributed by atoms with E-state index in [0.29, 0.717) is 29.7 Å². The monoisotopic (exact) mass is 644 g/mol. The summed E-state index contributed by atoms with van der Waals surface area (Å²) in [5.41, 5.74) is 8.73. The topological polar surface area (TPSA) is 61.3 Å². The molecule has 0 amide bonds.